The second kappa shape index (κ2) is 6.39. The van der Waals surface area contributed by atoms with Crippen LogP contribution in [0, 0.1) is 0 Å². The molecule has 0 saturated carbocycles. The highest BCUT2D eigenvalue weighted by molar-refractivity contribution is 6.31. The predicted molar refractivity (Wildman–Crippen MR) is 82.7 cm³/mol. The lowest BCUT2D eigenvalue weighted by atomic mass is 10.2. The molecule has 0 aliphatic carbocycles. The largest absolute Gasteiger partial charge is 0.497 e. The summed E-state index contributed by atoms with van der Waals surface area (Å²) in [5.74, 6) is 1.49. The van der Waals surface area contributed by atoms with Crippen LogP contribution in [-0.4, -0.2) is 14.2 Å². The molecule has 0 atom stereocenters. The summed E-state index contributed by atoms with van der Waals surface area (Å²) in [4.78, 5) is 0. The fourth-order valence-electron chi connectivity index (χ4n) is 1.90. The molecule has 0 radical (unpaired) electrons. The van der Waals surface area contributed by atoms with Gasteiger partial charge < -0.3 is 20.5 Å². The van der Waals surface area contributed by atoms with E-state index >= 15 is 0 Å². The molecular weight excluding hydrogens is 276 g/mol. The van der Waals surface area contributed by atoms with Crippen LogP contribution in [-0.2, 0) is 6.54 Å². The normalized spacial score (nSPS) is 10.2. The fraction of sp³-hybridized carbons (Fsp3) is 0.200. The van der Waals surface area contributed by atoms with Crippen molar-refractivity contribution in [3.8, 4) is 11.5 Å². The second-order valence-corrected chi connectivity index (χ2v) is 4.63. The minimum Gasteiger partial charge on any atom is -0.497 e. The highest BCUT2D eigenvalue weighted by Crippen LogP contribution is 2.29. The smallest absolute Gasteiger partial charge is 0.125 e. The molecule has 0 bridgehead atoms. The molecule has 0 unspecified atom stereocenters. The zero-order chi connectivity index (χ0) is 14.5. The van der Waals surface area contributed by atoms with Crippen molar-refractivity contribution in [3.05, 3.63) is 47.0 Å². The zero-order valence-corrected chi connectivity index (χ0v) is 12.2. The maximum Gasteiger partial charge on any atom is 0.125 e. The van der Waals surface area contributed by atoms with Gasteiger partial charge in [0.15, 0.2) is 0 Å². The van der Waals surface area contributed by atoms with Crippen LogP contribution in [0.3, 0.4) is 0 Å². The molecule has 2 rings (SSSR count). The number of hydrogen-bond donors (Lipinski definition) is 2. The molecule has 0 aromatic heterocycles. The van der Waals surface area contributed by atoms with Crippen LogP contribution in [0.15, 0.2) is 36.4 Å². The van der Waals surface area contributed by atoms with Gasteiger partial charge >= 0.3 is 0 Å². The number of halogens is 1. The van der Waals surface area contributed by atoms with E-state index in [9.17, 15) is 0 Å². The molecular formula is C15H17ClN2O2. The number of methoxy groups -OCH3 is 2. The summed E-state index contributed by atoms with van der Waals surface area (Å²) in [5, 5.41) is 3.90. The topological polar surface area (TPSA) is 56.5 Å². The van der Waals surface area contributed by atoms with Crippen molar-refractivity contribution in [2.75, 3.05) is 25.3 Å². The maximum absolute atomic E-state index is 6.20. The number of benzene rings is 2. The minimum atomic E-state index is 0.514. The van der Waals surface area contributed by atoms with Gasteiger partial charge in [-0.2, -0.15) is 0 Å². The summed E-state index contributed by atoms with van der Waals surface area (Å²) in [7, 11) is 3.24. The van der Waals surface area contributed by atoms with Crippen molar-refractivity contribution >= 4 is 23.0 Å². The summed E-state index contributed by atoms with van der Waals surface area (Å²) in [6.07, 6.45) is 0. The molecule has 0 heterocycles. The lowest BCUT2D eigenvalue weighted by molar-refractivity contribution is 0.410. The minimum absolute atomic E-state index is 0.514. The lowest BCUT2D eigenvalue weighted by Gasteiger charge is -2.14. The van der Waals surface area contributed by atoms with Gasteiger partial charge in [0.1, 0.15) is 11.5 Å². The molecule has 0 aliphatic rings. The first-order chi connectivity index (χ1) is 9.65. The molecule has 0 saturated heterocycles. The monoisotopic (exact) mass is 292 g/mol. The third kappa shape index (κ3) is 3.08. The van der Waals surface area contributed by atoms with Crippen LogP contribution in [0.2, 0.25) is 5.02 Å². The van der Waals surface area contributed by atoms with Crippen molar-refractivity contribution in [3.63, 3.8) is 0 Å². The highest BCUT2D eigenvalue weighted by Gasteiger charge is 2.08. The quantitative estimate of drug-likeness (QED) is 0.828. The van der Waals surface area contributed by atoms with E-state index < -0.39 is 0 Å². The number of anilines is 2. The highest BCUT2D eigenvalue weighted by atomic mass is 35.5. The molecule has 3 N–H and O–H groups in total. The number of nitrogen functional groups attached to an aromatic ring is 1. The van der Waals surface area contributed by atoms with Crippen LogP contribution in [0.5, 0.6) is 11.5 Å². The number of rotatable bonds is 5. The predicted octanol–water partition coefficient (Wildman–Crippen LogP) is 3.55. The van der Waals surface area contributed by atoms with Crippen molar-refractivity contribution < 1.29 is 9.47 Å². The summed E-state index contributed by atoms with van der Waals surface area (Å²) in [6, 6.07) is 11.0. The Hall–Kier alpha value is -2.07. The van der Waals surface area contributed by atoms with Crippen molar-refractivity contribution in [2.24, 2.45) is 0 Å². The first-order valence-corrected chi connectivity index (χ1v) is 6.52. The van der Waals surface area contributed by atoms with E-state index in [0.717, 1.165) is 22.7 Å². The Bertz CT molecular complexity index is 602. The van der Waals surface area contributed by atoms with Crippen molar-refractivity contribution in [1.82, 2.24) is 0 Å². The Morgan fingerprint density at radius 2 is 1.95 bits per heavy atom. The van der Waals surface area contributed by atoms with E-state index in [4.69, 9.17) is 26.8 Å². The van der Waals surface area contributed by atoms with E-state index in [0.29, 0.717) is 17.3 Å². The van der Waals surface area contributed by atoms with Crippen LogP contribution < -0.4 is 20.5 Å². The molecule has 0 fully saturated rings. The van der Waals surface area contributed by atoms with Crippen LogP contribution in [0.25, 0.3) is 0 Å². The van der Waals surface area contributed by atoms with Crippen molar-refractivity contribution in [1.29, 1.82) is 0 Å². The Labute approximate surface area is 123 Å². The van der Waals surface area contributed by atoms with Gasteiger partial charge in [-0.3, -0.25) is 0 Å². The molecule has 5 heteroatoms. The molecule has 0 aliphatic heterocycles. The Balaban J connectivity index is 2.21. The summed E-state index contributed by atoms with van der Waals surface area (Å²) in [5.41, 5.74) is 8.27. The number of nitrogens with two attached hydrogens (primary N) is 1. The molecule has 4 nitrogen and oxygen atoms in total. The van der Waals surface area contributed by atoms with Gasteiger partial charge in [-0.25, -0.2) is 0 Å². The summed E-state index contributed by atoms with van der Waals surface area (Å²) in [6.45, 7) is 0.514. The van der Waals surface area contributed by atoms with Gasteiger partial charge in [-0.05, 0) is 24.3 Å². The van der Waals surface area contributed by atoms with E-state index in [-0.39, 0.29) is 0 Å². The van der Waals surface area contributed by atoms with Crippen LogP contribution >= 0.6 is 11.6 Å². The SMILES string of the molecule is COc1ccc(N)c(NCc2c(Cl)cccc2OC)c1. The Morgan fingerprint density at radius 1 is 1.15 bits per heavy atom. The van der Waals surface area contributed by atoms with Gasteiger partial charge in [-0.15, -0.1) is 0 Å². The molecule has 0 spiro atoms. The first-order valence-electron chi connectivity index (χ1n) is 6.14. The lowest BCUT2D eigenvalue weighted by Crippen LogP contribution is -2.05. The average molecular weight is 293 g/mol. The Morgan fingerprint density at radius 3 is 2.65 bits per heavy atom. The number of hydrogen-bond acceptors (Lipinski definition) is 4. The second-order valence-electron chi connectivity index (χ2n) is 4.23. The number of nitrogens with one attached hydrogen (secondary N) is 1. The van der Waals surface area contributed by atoms with E-state index in [2.05, 4.69) is 5.32 Å². The molecule has 2 aromatic rings. The average Bonchev–Trinajstić information content (AvgIpc) is 2.47. The maximum atomic E-state index is 6.20. The molecule has 2 aromatic carbocycles. The summed E-state index contributed by atoms with van der Waals surface area (Å²) >= 11 is 6.20. The van der Waals surface area contributed by atoms with Gasteiger partial charge in [-0.1, -0.05) is 17.7 Å². The van der Waals surface area contributed by atoms with Crippen LogP contribution in [0.4, 0.5) is 11.4 Å². The van der Waals surface area contributed by atoms with Gasteiger partial charge in [0, 0.05) is 23.2 Å². The number of ether oxygens (including phenoxy) is 2. The molecule has 20 heavy (non-hydrogen) atoms. The van der Waals surface area contributed by atoms with E-state index in [1.165, 1.54) is 0 Å². The molecule has 106 valence electrons. The summed E-state index contributed by atoms with van der Waals surface area (Å²) < 4.78 is 10.5. The Kier molecular flexibility index (Phi) is 4.58. The van der Waals surface area contributed by atoms with Crippen molar-refractivity contribution in [2.45, 2.75) is 6.54 Å². The van der Waals surface area contributed by atoms with Gasteiger partial charge in [0.05, 0.1) is 25.6 Å². The van der Waals surface area contributed by atoms with Crippen LogP contribution in [0.1, 0.15) is 5.56 Å². The third-order valence-electron chi connectivity index (χ3n) is 3.01. The van der Waals surface area contributed by atoms with Gasteiger partial charge in [0.25, 0.3) is 0 Å². The third-order valence-corrected chi connectivity index (χ3v) is 3.37. The molecule has 0 amide bonds. The first kappa shape index (κ1) is 14.3. The fourth-order valence-corrected chi connectivity index (χ4v) is 2.13. The zero-order valence-electron chi connectivity index (χ0n) is 11.4. The van der Waals surface area contributed by atoms with E-state index in [1.807, 2.05) is 30.3 Å². The van der Waals surface area contributed by atoms with Gasteiger partial charge in [0.2, 0.25) is 0 Å². The van der Waals surface area contributed by atoms with E-state index in [1.54, 1.807) is 20.3 Å². The standard InChI is InChI=1S/C15H17ClN2O2/c1-19-10-6-7-13(17)14(8-10)18-9-11-12(16)4-3-5-15(11)20-2/h3-8,18H,9,17H2,1-2H3.